The topological polar surface area (TPSA) is 21.3 Å². The van der Waals surface area contributed by atoms with Gasteiger partial charge in [0.2, 0.25) is 0 Å². The highest BCUT2D eigenvalue weighted by Gasteiger charge is 2.19. The summed E-state index contributed by atoms with van der Waals surface area (Å²) < 4.78 is 5.57. The first-order valence-electron chi connectivity index (χ1n) is 5.89. The first kappa shape index (κ1) is 12.0. The molecule has 0 aliphatic heterocycles. The van der Waals surface area contributed by atoms with E-state index < -0.39 is 0 Å². The Morgan fingerprint density at radius 1 is 1.21 bits per heavy atom. The second-order valence-electron chi connectivity index (χ2n) is 5.50. The van der Waals surface area contributed by atoms with Gasteiger partial charge in [-0.3, -0.25) is 0 Å². The summed E-state index contributed by atoms with van der Waals surface area (Å²) in [5.41, 5.74) is 0.409. The summed E-state index contributed by atoms with van der Waals surface area (Å²) in [7, 11) is 0. The summed E-state index contributed by atoms with van der Waals surface area (Å²) in [6.07, 6.45) is 5.07. The van der Waals surface area contributed by atoms with E-state index in [1.165, 1.54) is 12.8 Å². The smallest absolute Gasteiger partial charge is 0.0478 e. The molecule has 1 saturated carbocycles. The molecule has 1 N–H and O–H groups in total. The van der Waals surface area contributed by atoms with Crippen LogP contribution in [0.2, 0.25) is 0 Å². The lowest BCUT2D eigenvalue weighted by molar-refractivity contribution is 0.106. The van der Waals surface area contributed by atoms with Crippen LogP contribution >= 0.6 is 0 Å². The van der Waals surface area contributed by atoms with E-state index in [1.807, 2.05) is 0 Å². The van der Waals surface area contributed by atoms with Gasteiger partial charge in [0.15, 0.2) is 0 Å². The van der Waals surface area contributed by atoms with E-state index in [1.54, 1.807) is 0 Å². The molecule has 84 valence electrons. The Morgan fingerprint density at radius 3 is 2.50 bits per heavy atom. The van der Waals surface area contributed by atoms with Crippen molar-refractivity contribution in [1.29, 1.82) is 0 Å². The molecular formula is C12H25NO. The van der Waals surface area contributed by atoms with Gasteiger partial charge in [-0.2, -0.15) is 0 Å². The Bertz CT molecular complexity index is 147. The van der Waals surface area contributed by atoms with Gasteiger partial charge >= 0.3 is 0 Å². The van der Waals surface area contributed by atoms with Crippen LogP contribution < -0.4 is 5.32 Å². The molecule has 0 heterocycles. The van der Waals surface area contributed by atoms with E-state index >= 15 is 0 Å². The van der Waals surface area contributed by atoms with E-state index in [0.717, 1.165) is 38.6 Å². The minimum atomic E-state index is 0.409. The Balaban J connectivity index is 1.75. The molecule has 0 spiro atoms. The molecular weight excluding hydrogens is 174 g/mol. The number of hydrogen-bond acceptors (Lipinski definition) is 2. The summed E-state index contributed by atoms with van der Waals surface area (Å²) in [6, 6.07) is 0.838. The highest BCUT2D eigenvalue weighted by Crippen LogP contribution is 2.18. The van der Waals surface area contributed by atoms with Crippen molar-refractivity contribution in [2.75, 3.05) is 19.8 Å². The molecule has 2 heteroatoms. The number of rotatable bonds is 7. The lowest BCUT2D eigenvalue weighted by atomic mass is 9.93. The fourth-order valence-corrected chi connectivity index (χ4v) is 1.25. The highest BCUT2D eigenvalue weighted by molar-refractivity contribution is 4.80. The molecule has 1 aliphatic rings. The van der Waals surface area contributed by atoms with E-state index in [2.05, 4.69) is 26.1 Å². The van der Waals surface area contributed by atoms with E-state index in [-0.39, 0.29) is 0 Å². The largest absolute Gasteiger partial charge is 0.381 e. The van der Waals surface area contributed by atoms with Crippen LogP contribution in [0, 0.1) is 5.41 Å². The van der Waals surface area contributed by atoms with Crippen LogP contribution in [0.3, 0.4) is 0 Å². The molecule has 0 aromatic rings. The van der Waals surface area contributed by atoms with Crippen molar-refractivity contribution < 1.29 is 4.74 Å². The third-order valence-electron chi connectivity index (χ3n) is 2.47. The van der Waals surface area contributed by atoms with Gasteiger partial charge in [0, 0.05) is 19.3 Å². The molecule has 1 aliphatic carbocycles. The minimum Gasteiger partial charge on any atom is -0.381 e. The fourth-order valence-electron chi connectivity index (χ4n) is 1.25. The number of nitrogens with one attached hydrogen (secondary N) is 1. The highest BCUT2D eigenvalue weighted by atomic mass is 16.5. The zero-order chi connectivity index (χ0) is 10.4. The Labute approximate surface area is 88.4 Å². The van der Waals surface area contributed by atoms with E-state index in [9.17, 15) is 0 Å². The maximum Gasteiger partial charge on any atom is 0.0478 e. The predicted molar refractivity (Wildman–Crippen MR) is 60.5 cm³/mol. The fraction of sp³-hybridized carbons (Fsp3) is 1.00. The SMILES string of the molecule is CC(C)(C)CCOCCCNC1CC1. The van der Waals surface area contributed by atoms with Crippen molar-refractivity contribution in [1.82, 2.24) is 5.32 Å². The van der Waals surface area contributed by atoms with Gasteiger partial charge in [0.25, 0.3) is 0 Å². The van der Waals surface area contributed by atoms with Crippen LogP contribution in [-0.4, -0.2) is 25.8 Å². The van der Waals surface area contributed by atoms with Crippen LogP contribution in [0.4, 0.5) is 0 Å². The Hall–Kier alpha value is -0.0800. The standard InChI is InChI=1S/C12H25NO/c1-12(2,3)7-10-14-9-4-8-13-11-5-6-11/h11,13H,4-10H2,1-3H3. The van der Waals surface area contributed by atoms with Gasteiger partial charge in [-0.1, -0.05) is 20.8 Å². The van der Waals surface area contributed by atoms with Gasteiger partial charge in [-0.15, -0.1) is 0 Å². The van der Waals surface area contributed by atoms with Crippen molar-refractivity contribution in [2.45, 2.75) is 52.5 Å². The summed E-state index contributed by atoms with van der Waals surface area (Å²) in [6.45, 7) is 9.71. The normalized spacial score (nSPS) is 17.4. The molecule has 0 atom stereocenters. The van der Waals surface area contributed by atoms with Gasteiger partial charge in [-0.05, 0) is 37.6 Å². The quantitative estimate of drug-likeness (QED) is 0.636. The third-order valence-corrected chi connectivity index (χ3v) is 2.47. The average molecular weight is 199 g/mol. The van der Waals surface area contributed by atoms with E-state index in [0.29, 0.717) is 5.41 Å². The molecule has 0 saturated heterocycles. The van der Waals surface area contributed by atoms with Crippen molar-refractivity contribution >= 4 is 0 Å². The first-order valence-corrected chi connectivity index (χ1v) is 5.89. The lowest BCUT2D eigenvalue weighted by Crippen LogP contribution is -2.19. The van der Waals surface area contributed by atoms with Crippen molar-refractivity contribution in [3.8, 4) is 0 Å². The van der Waals surface area contributed by atoms with Crippen molar-refractivity contribution in [3.63, 3.8) is 0 Å². The Kier molecular flexibility index (Phi) is 4.90. The van der Waals surface area contributed by atoms with Crippen LogP contribution in [0.25, 0.3) is 0 Å². The van der Waals surface area contributed by atoms with Gasteiger partial charge in [0.1, 0.15) is 0 Å². The van der Waals surface area contributed by atoms with Crippen molar-refractivity contribution in [2.24, 2.45) is 5.41 Å². The first-order chi connectivity index (χ1) is 6.58. The summed E-state index contributed by atoms with van der Waals surface area (Å²) in [4.78, 5) is 0. The van der Waals surface area contributed by atoms with Crippen LogP contribution in [0.15, 0.2) is 0 Å². The molecule has 14 heavy (non-hydrogen) atoms. The van der Waals surface area contributed by atoms with Gasteiger partial charge < -0.3 is 10.1 Å². The molecule has 0 bridgehead atoms. The predicted octanol–water partition coefficient (Wildman–Crippen LogP) is 2.58. The maximum atomic E-state index is 5.57. The average Bonchev–Trinajstić information content (AvgIpc) is 2.84. The Morgan fingerprint density at radius 2 is 1.93 bits per heavy atom. The third kappa shape index (κ3) is 7.34. The molecule has 2 nitrogen and oxygen atoms in total. The maximum absolute atomic E-state index is 5.57. The molecule has 0 amide bonds. The lowest BCUT2D eigenvalue weighted by Gasteiger charge is -2.17. The molecule has 0 unspecified atom stereocenters. The molecule has 0 aromatic heterocycles. The molecule has 0 aromatic carbocycles. The van der Waals surface area contributed by atoms with Crippen LogP contribution in [-0.2, 0) is 4.74 Å². The zero-order valence-electron chi connectivity index (χ0n) is 9.94. The van der Waals surface area contributed by atoms with Crippen LogP contribution in [0.1, 0.15) is 46.5 Å². The summed E-state index contributed by atoms with van der Waals surface area (Å²) in [5.74, 6) is 0. The minimum absolute atomic E-state index is 0.409. The van der Waals surface area contributed by atoms with Gasteiger partial charge in [0.05, 0.1) is 0 Å². The molecule has 0 radical (unpaired) electrons. The second kappa shape index (κ2) is 5.72. The van der Waals surface area contributed by atoms with Crippen LogP contribution in [0.5, 0.6) is 0 Å². The summed E-state index contributed by atoms with van der Waals surface area (Å²) in [5, 5.41) is 3.48. The van der Waals surface area contributed by atoms with E-state index in [4.69, 9.17) is 4.74 Å². The zero-order valence-corrected chi connectivity index (χ0v) is 9.94. The molecule has 1 rings (SSSR count). The summed E-state index contributed by atoms with van der Waals surface area (Å²) >= 11 is 0. The monoisotopic (exact) mass is 199 g/mol. The van der Waals surface area contributed by atoms with Gasteiger partial charge in [-0.25, -0.2) is 0 Å². The second-order valence-corrected chi connectivity index (χ2v) is 5.50. The number of hydrogen-bond donors (Lipinski definition) is 1. The van der Waals surface area contributed by atoms with Crippen molar-refractivity contribution in [3.05, 3.63) is 0 Å². The number of ether oxygens (including phenoxy) is 1. The molecule has 1 fully saturated rings.